The molecule has 0 bridgehead atoms. The summed E-state index contributed by atoms with van der Waals surface area (Å²) in [6.07, 6.45) is 2.72. The maximum Gasteiger partial charge on any atom is 0.305 e. The smallest absolute Gasteiger partial charge is 0.305 e. The molecule has 132 valence electrons. The number of carbonyl (C=O) groups is 3. The van der Waals surface area contributed by atoms with Crippen LogP contribution >= 0.6 is 0 Å². The van der Waals surface area contributed by atoms with Gasteiger partial charge in [0.05, 0.1) is 13.7 Å². The van der Waals surface area contributed by atoms with Crippen LogP contribution in [0, 0.1) is 0 Å². The van der Waals surface area contributed by atoms with Crippen LogP contribution in [0.4, 0.5) is 0 Å². The molecule has 1 rings (SSSR count). The monoisotopic (exact) mass is 336 g/mol. The molecule has 0 aliphatic carbocycles. The van der Waals surface area contributed by atoms with Crippen LogP contribution < -0.4 is 15.4 Å². The van der Waals surface area contributed by atoms with Gasteiger partial charge in [0.2, 0.25) is 5.91 Å². The number of benzene rings is 1. The summed E-state index contributed by atoms with van der Waals surface area (Å²) < 4.78 is 9.81. The normalized spacial score (nSPS) is 9.88. The number of nitrogens with one attached hydrogen (secondary N) is 2. The van der Waals surface area contributed by atoms with Crippen molar-refractivity contribution < 1.29 is 23.9 Å². The highest BCUT2D eigenvalue weighted by Crippen LogP contribution is 2.07. The van der Waals surface area contributed by atoms with Crippen LogP contribution in [-0.2, 0) is 19.1 Å². The van der Waals surface area contributed by atoms with E-state index in [-0.39, 0.29) is 30.9 Å². The summed E-state index contributed by atoms with van der Waals surface area (Å²) in [5.41, 5.74) is 0. The van der Waals surface area contributed by atoms with Gasteiger partial charge in [0.25, 0.3) is 5.91 Å². The molecule has 0 heterocycles. The Labute approximate surface area is 141 Å². The van der Waals surface area contributed by atoms with Gasteiger partial charge in [-0.05, 0) is 25.0 Å². The van der Waals surface area contributed by atoms with E-state index in [9.17, 15) is 14.4 Å². The topological polar surface area (TPSA) is 93.7 Å². The van der Waals surface area contributed by atoms with Crippen LogP contribution in [0.3, 0.4) is 0 Å². The molecule has 7 heteroatoms. The van der Waals surface area contributed by atoms with Gasteiger partial charge < -0.3 is 20.1 Å². The lowest BCUT2D eigenvalue weighted by atomic mass is 10.2. The third kappa shape index (κ3) is 9.45. The summed E-state index contributed by atoms with van der Waals surface area (Å²) in [7, 11) is 1.36. The molecule has 0 fully saturated rings. The molecule has 0 aromatic heterocycles. The van der Waals surface area contributed by atoms with E-state index in [1.165, 1.54) is 7.11 Å². The fourth-order valence-electron chi connectivity index (χ4n) is 1.86. The fourth-order valence-corrected chi connectivity index (χ4v) is 1.86. The van der Waals surface area contributed by atoms with Gasteiger partial charge in [-0.2, -0.15) is 0 Å². The van der Waals surface area contributed by atoms with Gasteiger partial charge in [-0.3, -0.25) is 14.4 Å². The van der Waals surface area contributed by atoms with E-state index in [0.29, 0.717) is 18.7 Å². The number of methoxy groups -OCH3 is 1. The molecule has 0 unspecified atom stereocenters. The predicted molar refractivity (Wildman–Crippen MR) is 88.4 cm³/mol. The second-order valence-corrected chi connectivity index (χ2v) is 5.12. The van der Waals surface area contributed by atoms with E-state index in [1.54, 1.807) is 12.1 Å². The van der Waals surface area contributed by atoms with Crippen LogP contribution in [0.15, 0.2) is 30.3 Å². The van der Waals surface area contributed by atoms with Gasteiger partial charge in [-0.15, -0.1) is 0 Å². The average Bonchev–Trinajstić information content (AvgIpc) is 2.61. The minimum Gasteiger partial charge on any atom is -0.484 e. The number of unbranched alkanes of at least 4 members (excludes halogenated alkanes) is 2. The molecule has 0 radical (unpaired) electrons. The number of para-hydroxylation sites is 1. The Morgan fingerprint density at radius 3 is 2.42 bits per heavy atom. The van der Waals surface area contributed by atoms with E-state index < -0.39 is 0 Å². The van der Waals surface area contributed by atoms with E-state index in [2.05, 4.69) is 15.4 Å². The molecule has 7 nitrogen and oxygen atoms in total. The molecule has 1 aromatic rings. The zero-order valence-electron chi connectivity index (χ0n) is 13.9. The van der Waals surface area contributed by atoms with Crippen molar-refractivity contribution in [1.82, 2.24) is 10.6 Å². The standard InChI is InChI=1S/C17H24N2O5/c1-23-17(22)10-6-3-7-11-18-15(20)12-19-16(21)13-24-14-8-4-2-5-9-14/h2,4-5,8-9H,3,6-7,10-13H2,1H3,(H,18,20)(H,19,21). The molecule has 0 spiro atoms. The van der Waals surface area contributed by atoms with E-state index >= 15 is 0 Å². The van der Waals surface area contributed by atoms with E-state index in [4.69, 9.17) is 4.74 Å². The summed E-state index contributed by atoms with van der Waals surface area (Å²) >= 11 is 0. The largest absolute Gasteiger partial charge is 0.484 e. The molecular formula is C17H24N2O5. The van der Waals surface area contributed by atoms with Gasteiger partial charge in [-0.25, -0.2) is 0 Å². The Morgan fingerprint density at radius 1 is 0.958 bits per heavy atom. The minimum atomic E-state index is -0.355. The second kappa shape index (κ2) is 11.9. The Kier molecular flexibility index (Phi) is 9.68. The molecule has 0 saturated heterocycles. The van der Waals surface area contributed by atoms with Crippen molar-refractivity contribution in [2.45, 2.75) is 25.7 Å². The Morgan fingerprint density at radius 2 is 1.71 bits per heavy atom. The highest BCUT2D eigenvalue weighted by atomic mass is 16.5. The van der Waals surface area contributed by atoms with Crippen molar-refractivity contribution in [3.8, 4) is 5.75 Å². The number of carbonyl (C=O) groups excluding carboxylic acids is 3. The van der Waals surface area contributed by atoms with E-state index in [0.717, 1.165) is 19.3 Å². The first-order valence-electron chi connectivity index (χ1n) is 7.90. The van der Waals surface area contributed by atoms with Crippen molar-refractivity contribution in [3.63, 3.8) is 0 Å². The number of hydrogen-bond donors (Lipinski definition) is 2. The van der Waals surface area contributed by atoms with Crippen LogP contribution in [0.2, 0.25) is 0 Å². The van der Waals surface area contributed by atoms with Gasteiger partial charge in [0, 0.05) is 13.0 Å². The molecule has 2 N–H and O–H groups in total. The van der Waals surface area contributed by atoms with Crippen molar-refractivity contribution in [3.05, 3.63) is 30.3 Å². The van der Waals surface area contributed by atoms with Gasteiger partial charge >= 0.3 is 5.97 Å². The number of amides is 2. The molecule has 0 atom stereocenters. The van der Waals surface area contributed by atoms with Crippen LogP contribution in [-0.4, -0.2) is 44.6 Å². The van der Waals surface area contributed by atoms with Crippen LogP contribution in [0.1, 0.15) is 25.7 Å². The lowest BCUT2D eigenvalue weighted by Crippen LogP contribution is -2.39. The Bertz CT molecular complexity index is 519. The molecule has 0 aliphatic heterocycles. The summed E-state index contributed by atoms with van der Waals surface area (Å²) in [5.74, 6) is -0.230. The third-order valence-electron chi connectivity index (χ3n) is 3.17. The van der Waals surface area contributed by atoms with Gasteiger partial charge in [-0.1, -0.05) is 24.6 Å². The molecule has 24 heavy (non-hydrogen) atoms. The quantitative estimate of drug-likeness (QED) is 0.465. The van der Waals surface area contributed by atoms with Crippen molar-refractivity contribution in [1.29, 1.82) is 0 Å². The molecular weight excluding hydrogens is 312 g/mol. The van der Waals surface area contributed by atoms with Gasteiger partial charge in [0.15, 0.2) is 6.61 Å². The van der Waals surface area contributed by atoms with Gasteiger partial charge in [0.1, 0.15) is 5.75 Å². The molecule has 2 amide bonds. The summed E-state index contributed by atoms with van der Waals surface area (Å²) in [6, 6.07) is 8.98. The summed E-state index contributed by atoms with van der Waals surface area (Å²) in [6.45, 7) is 0.292. The summed E-state index contributed by atoms with van der Waals surface area (Å²) in [5, 5.41) is 5.19. The summed E-state index contributed by atoms with van der Waals surface area (Å²) in [4.78, 5) is 34.0. The lowest BCUT2D eigenvalue weighted by Gasteiger charge is -2.08. The first-order chi connectivity index (χ1) is 11.6. The highest BCUT2D eigenvalue weighted by molar-refractivity contribution is 5.85. The average molecular weight is 336 g/mol. The Hall–Kier alpha value is -2.57. The molecule has 0 saturated carbocycles. The zero-order chi connectivity index (χ0) is 17.6. The molecule has 0 aliphatic rings. The number of esters is 1. The Balaban J connectivity index is 2.00. The number of hydrogen-bond acceptors (Lipinski definition) is 5. The number of rotatable bonds is 11. The highest BCUT2D eigenvalue weighted by Gasteiger charge is 2.06. The lowest BCUT2D eigenvalue weighted by molar-refractivity contribution is -0.140. The molecule has 1 aromatic carbocycles. The first kappa shape index (κ1) is 19.5. The van der Waals surface area contributed by atoms with E-state index in [1.807, 2.05) is 18.2 Å². The van der Waals surface area contributed by atoms with Crippen LogP contribution in [0.25, 0.3) is 0 Å². The zero-order valence-corrected chi connectivity index (χ0v) is 13.9. The van der Waals surface area contributed by atoms with Crippen molar-refractivity contribution in [2.75, 3.05) is 26.8 Å². The minimum absolute atomic E-state index is 0.0842. The predicted octanol–water partition coefficient (Wildman–Crippen LogP) is 1.03. The SMILES string of the molecule is COC(=O)CCCCCNC(=O)CNC(=O)COc1ccccc1. The van der Waals surface area contributed by atoms with Crippen molar-refractivity contribution >= 4 is 17.8 Å². The van der Waals surface area contributed by atoms with Crippen molar-refractivity contribution in [2.24, 2.45) is 0 Å². The first-order valence-corrected chi connectivity index (χ1v) is 7.90. The third-order valence-corrected chi connectivity index (χ3v) is 3.17. The second-order valence-electron chi connectivity index (χ2n) is 5.12. The maximum absolute atomic E-state index is 11.6. The fraction of sp³-hybridized carbons (Fsp3) is 0.471. The maximum atomic E-state index is 11.6. The number of ether oxygens (including phenoxy) is 2. The van der Waals surface area contributed by atoms with Crippen LogP contribution in [0.5, 0.6) is 5.75 Å².